The number of rotatable bonds is 6. The predicted molar refractivity (Wildman–Crippen MR) is 163 cm³/mol. The van der Waals surface area contributed by atoms with Gasteiger partial charge in [-0.15, -0.1) is 0 Å². The van der Waals surface area contributed by atoms with Gasteiger partial charge in [-0.05, 0) is 38.8 Å². The molecule has 0 bridgehead atoms. The van der Waals surface area contributed by atoms with Crippen LogP contribution in [0, 0.1) is 0 Å². The summed E-state index contributed by atoms with van der Waals surface area (Å²) in [5, 5.41) is 2.34. The molecule has 4 rings (SSSR count). The summed E-state index contributed by atoms with van der Waals surface area (Å²) in [6.07, 6.45) is 0.217. The second-order valence-corrected chi connectivity index (χ2v) is 11.8. The zero-order valence-corrected chi connectivity index (χ0v) is 30.1. The molecule has 1 N–H and O–H groups in total. The number of hydrogen-bond acceptors (Lipinski definition) is 12. The molecule has 47 heavy (non-hydrogen) atoms. The maximum atomic E-state index is 13.1. The summed E-state index contributed by atoms with van der Waals surface area (Å²) in [5.74, 6) is -2.90. The Balaban J connectivity index is 0.000000468. The monoisotopic (exact) mass is 668 g/mol. The third kappa shape index (κ3) is 11.2. The van der Waals surface area contributed by atoms with Gasteiger partial charge in [0, 0.05) is 67.0 Å². The van der Waals surface area contributed by atoms with Crippen LogP contribution in [0.2, 0.25) is 0 Å². The predicted octanol–water partition coefficient (Wildman–Crippen LogP) is -1.96. The average molecular weight is 668 g/mol. The van der Waals surface area contributed by atoms with Gasteiger partial charge in [0.15, 0.2) is 0 Å². The summed E-state index contributed by atoms with van der Waals surface area (Å²) in [6.45, 7) is 12.0. The van der Waals surface area contributed by atoms with Crippen LogP contribution in [0.1, 0.15) is 66.0 Å². The van der Waals surface area contributed by atoms with Crippen molar-refractivity contribution in [1.29, 1.82) is 0 Å². The van der Waals surface area contributed by atoms with Crippen LogP contribution in [-0.4, -0.2) is 93.9 Å². The van der Waals surface area contributed by atoms with E-state index in [0.717, 1.165) is 31.9 Å². The Labute approximate surface area is 294 Å². The van der Waals surface area contributed by atoms with Crippen molar-refractivity contribution >= 4 is 54.2 Å². The fraction of sp³-hybridized carbons (Fsp3) is 0.552. The van der Waals surface area contributed by atoms with Crippen molar-refractivity contribution in [3.63, 3.8) is 0 Å². The van der Waals surface area contributed by atoms with E-state index in [9.17, 15) is 33.6 Å². The van der Waals surface area contributed by atoms with E-state index in [-0.39, 0.29) is 53.7 Å². The zero-order chi connectivity index (χ0) is 34.3. The van der Waals surface area contributed by atoms with E-state index >= 15 is 0 Å². The number of nitrogens with zero attached hydrogens (tertiary/aromatic N) is 4. The fourth-order valence-corrected chi connectivity index (χ4v) is 5.01. The van der Waals surface area contributed by atoms with Crippen molar-refractivity contribution < 1.29 is 77.0 Å². The van der Waals surface area contributed by atoms with Gasteiger partial charge in [-0.1, -0.05) is 12.1 Å². The Kier molecular flexibility index (Phi) is 14.2. The normalized spacial score (nSPS) is 16.8. The molecule has 2 fully saturated rings. The number of aromatic nitrogens is 2. The number of ether oxygens (including phenoxy) is 1. The number of amides is 3. The number of carbonyl (C=O) groups excluding carboxylic acids is 6. The van der Waals surface area contributed by atoms with E-state index in [1.54, 1.807) is 16.5 Å². The fourth-order valence-electron chi connectivity index (χ4n) is 5.01. The standard InChI is InChI=1S/C23H31N5O5.C6H9BO6.Na/c1-23(2,3)33-22(32)27-12-10-26(11-13-27)14-15-6-5-7-16-19(15)25(4)21(31)28(16)17-8-9-18(29)24-20(17)30;1-4(8)11-7(12-5(2)9)13-6(3)10;/h5-7,17H,8-14H2,1-4H3,(H,24,29,30);1-3H3;/q;-1;+1. The van der Waals surface area contributed by atoms with Gasteiger partial charge in [-0.2, -0.15) is 0 Å². The van der Waals surface area contributed by atoms with Crippen LogP contribution < -0.4 is 40.6 Å². The zero-order valence-electron chi connectivity index (χ0n) is 28.1. The molecule has 0 aliphatic carbocycles. The molecular formula is C29H40BN5NaO11. The Bertz CT molecular complexity index is 1520. The number of carbonyl (C=O) groups is 6. The Morgan fingerprint density at radius 2 is 1.47 bits per heavy atom. The molecule has 1 radical (unpaired) electrons. The minimum Gasteiger partial charge on any atom is -0.642 e. The first-order valence-corrected chi connectivity index (χ1v) is 14.7. The van der Waals surface area contributed by atoms with Crippen molar-refractivity contribution in [2.24, 2.45) is 7.05 Å². The molecule has 2 saturated heterocycles. The van der Waals surface area contributed by atoms with Crippen LogP contribution in [0.15, 0.2) is 23.0 Å². The second-order valence-electron chi connectivity index (χ2n) is 11.8. The number of piperazine rings is 1. The molecule has 251 valence electrons. The van der Waals surface area contributed by atoms with E-state index < -0.39 is 42.8 Å². The van der Waals surface area contributed by atoms with Crippen LogP contribution in [-0.2, 0) is 56.3 Å². The van der Waals surface area contributed by atoms with Gasteiger partial charge < -0.3 is 23.6 Å². The number of imidazole rings is 1. The van der Waals surface area contributed by atoms with Crippen LogP contribution in [0.5, 0.6) is 0 Å². The SMILES string of the molecule is CC(=O)O[B-](OC(C)=O)OC(C)=O.Cn1c(=O)n(C2CCC(=O)NC2=O)c2cccc(CN3CCN(C(=O)OC(C)(C)C)CC3)c21.[Na+]. The molecule has 2 aromatic rings. The summed E-state index contributed by atoms with van der Waals surface area (Å²) in [7, 11) is 0.115. The third-order valence-electron chi connectivity index (χ3n) is 6.91. The quantitative estimate of drug-likeness (QED) is 0.265. The maximum absolute atomic E-state index is 13.1. The number of aryl methyl sites for hydroxylation is 1. The smallest absolute Gasteiger partial charge is 0.642 e. The molecule has 16 nitrogen and oxygen atoms in total. The Hall–Kier alpha value is -3.67. The van der Waals surface area contributed by atoms with Gasteiger partial charge in [0.1, 0.15) is 11.6 Å². The number of piperidine rings is 1. The molecular weight excluding hydrogens is 628 g/mol. The number of hydrogen-bond donors (Lipinski definition) is 1. The van der Waals surface area contributed by atoms with Crippen molar-refractivity contribution in [2.75, 3.05) is 26.2 Å². The van der Waals surface area contributed by atoms with Crippen LogP contribution in [0.3, 0.4) is 0 Å². The van der Waals surface area contributed by atoms with Gasteiger partial charge >= 0.3 is 48.7 Å². The first-order chi connectivity index (χ1) is 21.5. The first kappa shape index (κ1) is 39.5. The number of benzene rings is 1. The average Bonchev–Trinajstić information content (AvgIpc) is 3.18. The van der Waals surface area contributed by atoms with Crippen molar-refractivity contribution in [3.8, 4) is 0 Å². The molecule has 3 heterocycles. The summed E-state index contributed by atoms with van der Waals surface area (Å²) < 4.78 is 21.6. The van der Waals surface area contributed by atoms with E-state index in [4.69, 9.17) is 4.74 Å². The van der Waals surface area contributed by atoms with Crippen molar-refractivity contribution in [3.05, 3.63) is 34.2 Å². The van der Waals surface area contributed by atoms with Gasteiger partial charge in [-0.25, -0.2) is 9.59 Å². The van der Waals surface area contributed by atoms with Gasteiger partial charge in [0.05, 0.1) is 11.0 Å². The van der Waals surface area contributed by atoms with E-state index in [2.05, 4.69) is 24.2 Å². The second kappa shape index (κ2) is 16.9. The van der Waals surface area contributed by atoms with Crippen LogP contribution in [0.25, 0.3) is 11.0 Å². The molecule has 0 saturated carbocycles. The molecule has 3 amide bonds. The molecule has 0 spiro atoms. The van der Waals surface area contributed by atoms with Gasteiger partial charge in [0.2, 0.25) is 11.8 Å². The van der Waals surface area contributed by atoms with E-state index in [1.165, 1.54) is 4.57 Å². The molecule has 1 atom stereocenters. The van der Waals surface area contributed by atoms with E-state index in [0.29, 0.717) is 44.7 Å². The molecule has 1 aromatic heterocycles. The number of nitrogens with one attached hydrogen (secondary N) is 1. The number of imide groups is 1. The van der Waals surface area contributed by atoms with Crippen LogP contribution in [0.4, 0.5) is 4.79 Å². The first-order valence-electron chi connectivity index (χ1n) is 14.7. The Morgan fingerprint density at radius 3 is 1.96 bits per heavy atom. The molecule has 2 aliphatic rings. The summed E-state index contributed by atoms with van der Waals surface area (Å²) in [4.78, 5) is 84.6. The van der Waals surface area contributed by atoms with Gasteiger partial charge in [-0.3, -0.25) is 43.3 Å². The van der Waals surface area contributed by atoms with Crippen molar-refractivity contribution in [1.82, 2.24) is 24.3 Å². The van der Waals surface area contributed by atoms with Gasteiger partial charge in [0.25, 0.3) is 17.9 Å². The number of para-hydroxylation sites is 1. The largest absolute Gasteiger partial charge is 1.00 e. The van der Waals surface area contributed by atoms with Crippen molar-refractivity contribution in [2.45, 2.75) is 72.6 Å². The topological polar surface area (TPSA) is 185 Å². The minimum atomic E-state index is -1.59. The summed E-state index contributed by atoms with van der Waals surface area (Å²) >= 11 is 0. The summed E-state index contributed by atoms with van der Waals surface area (Å²) in [5.41, 5.74) is 1.64. The minimum absolute atomic E-state index is 0. The summed E-state index contributed by atoms with van der Waals surface area (Å²) in [6, 6.07) is 5.00. The number of fused-ring (bicyclic) bond motifs is 1. The maximum Gasteiger partial charge on any atom is 1.00 e. The molecule has 1 unspecified atom stereocenters. The van der Waals surface area contributed by atoms with E-state index in [1.807, 2.05) is 39.0 Å². The molecule has 1 aromatic carbocycles. The third-order valence-corrected chi connectivity index (χ3v) is 6.91. The molecule has 2 aliphatic heterocycles. The molecule has 18 heteroatoms. The Morgan fingerprint density at radius 1 is 0.915 bits per heavy atom. The van der Waals surface area contributed by atoms with Crippen LogP contribution >= 0.6 is 0 Å².